The van der Waals surface area contributed by atoms with Gasteiger partial charge in [-0.1, -0.05) is 35.9 Å². The molecule has 0 spiro atoms. The molecule has 2 aromatic rings. The fourth-order valence-electron chi connectivity index (χ4n) is 3.55. The Hall–Kier alpha value is -2.05. The third kappa shape index (κ3) is 4.62. The van der Waals surface area contributed by atoms with E-state index in [0.29, 0.717) is 31.0 Å². The van der Waals surface area contributed by atoms with Gasteiger partial charge in [-0.2, -0.15) is 13.2 Å². The molecule has 1 fully saturated rings. The monoisotopic (exact) mass is 397 g/mol. The van der Waals surface area contributed by atoms with Crippen molar-refractivity contribution in [1.82, 2.24) is 4.90 Å². The Morgan fingerprint density at radius 2 is 1.70 bits per heavy atom. The summed E-state index contributed by atoms with van der Waals surface area (Å²) in [6, 6.07) is 12.1. The first-order valence-corrected chi connectivity index (χ1v) is 9.03. The Morgan fingerprint density at radius 3 is 2.22 bits per heavy atom. The van der Waals surface area contributed by atoms with Gasteiger partial charge in [0.2, 0.25) is 0 Å². The lowest BCUT2D eigenvalue weighted by Crippen LogP contribution is -2.39. The van der Waals surface area contributed by atoms with Gasteiger partial charge in [0.25, 0.3) is 0 Å². The Morgan fingerprint density at radius 1 is 1.07 bits per heavy atom. The van der Waals surface area contributed by atoms with Gasteiger partial charge in [-0.05, 0) is 61.3 Å². The topological polar surface area (TPSA) is 40.5 Å². The molecule has 1 saturated heterocycles. The smallest absolute Gasteiger partial charge is 0.416 e. The zero-order valence-corrected chi connectivity index (χ0v) is 15.2. The van der Waals surface area contributed by atoms with E-state index in [1.165, 1.54) is 12.1 Å². The highest BCUT2D eigenvalue weighted by Gasteiger charge is 2.32. The predicted molar refractivity (Wildman–Crippen MR) is 96.7 cm³/mol. The van der Waals surface area contributed by atoms with E-state index < -0.39 is 17.7 Å². The number of carbonyl (C=O) groups is 1. The van der Waals surface area contributed by atoms with Crippen LogP contribution in [0.5, 0.6) is 0 Å². The molecule has 0 aliphatic carbocycles. The number of hydrogen-bond donors (Lipinski definition) is 1. The summed E-state index contributed by atoms with van der Waals surface area (Å²) in [4.78, 5) is 13.3. The second-order valence-electron chi connectivity index (χ2n) is 6.73. The number of halogens is 4. The Bertz CT molecular complexity index is 800. The van der Waals surface area contributed by atoms with Gasteiger partial charge in [0.05, 0.1) is 17.5 Å². The van der Waals surface area contributed by atoms with Crippen LogP contribution in [0, 0.1) is 5.92 Å². The summed E-state index contributed by atoms with van der Waals surface area (Å²) in [5.41, 5.74) is 0.899. The molecule has 0 amide bonds. The average Bonchev–Trinajstić information content (AvgIpc) is 2.62. The first-order valence-electron chi connectivity index (χ1n) is 8.65. The van der Waals surface area contributed by atoms with Crippen LogP contribution >= 0.6 is 11.6 Å². The van der Waals surface area contributed by atoms with Crippen LogP contribution in [0.3, 0.4) is 0 Å². The normalized spacial score (nSPS) is 17.6. The molecule has 27 heavy (non-hydrogen) atoms. The van der Waals surface area contributed by atoms with Crippen LogP contribution in [-0.2, 0) is 11.0 Å². The second-order valence-corrected chi connectivity index (χ2v) is 7.16. The molecule has 3 rings (SSSR count). The van der Waals surface area contributed by atoms with Crippen molar-refractivity contribution in [3.05, 3.63) is 70.2 Å². The lowest BCUT2D eigenvalue weighted by Gasteiger charge is -2.37. The van der Waals surface area contributed by atoms with E-state index in [4.69, 9.17) is 11.6 Å². The van der Waals surface area contributed by atoms with Gasteiger partial charge in [-0.25, -0.2) is 0 Å². The van der Waals surface area contributed by atoms with E-state index >= 15 is 0 Å². The van der Waals surface area contributed by atoms with Crippen LogP contribution in [0.4, 0.5) is 13.2 Å². The van der Waals surface area contributed by atoms with Crippen LogP contribution in [0.1, 0.15) is 35.6 Å². The molecular formula is C20H19ClF3NO2. The molecule has 1 atom stereocenters. The van der Waals surface area contributed by atoms with Crippen molar-refractivity contribution in [2.75, 3.05) is 13.1 Å². The highest BCUT2D eigenvalue weighted by Crippen LogP contribution is 2.35. The molecular weight excluding hydrogens is 379 g/mol. The molecule has 3 nitrogen and oxygen atoms in total. The van der Waals surface area contributed by atoms with Gasteiger partial charge in [0.15, 0.2) is 0 Å². The fraction of sp³-hybridized carbons (Fsp3) is 0.350. The molecule has 1 aliphatic rings. The van der Waals surface area contributed by atoms with E-state index in [9.17, 15) is 23.1 Å². The van der Waals surface area contributed by atoms with Gasteiger partial charge in [-0.3, -0.25) is 9.69 Å². The first kappa shape index (κ1) is 19.7. The maximum atomic E-state index is 12.9. The Labute approximate surface area is 160 Å². The first-order chi connectivity index (χ1) is 12.8. The molecule has 0 saturated carbocycles. The number of hydrogen-bond acceptors (Lipinski definition) is 2. The van der Waals surface area contributed by atoms with Crippen molar-refractivity contribution in [3.8, 4) is 0 Å². The van der Waals surface area contributed by atoms with Gasteiger partial charge < -0.3 is 5.11 Å². The number of benzene rings is 2. The van der Waals surface area contributed by atoms with Crippen molar-refractivity contribution >= 4 is 17.6 Å². The molecule has 2 aromatic carbocycles. The molecule has 1 aliphatic heterocycles. The minimum atomic E-state index is -4.39. The van der Waals surface area contributed by atoms with Gasteiger partial charge in [0, 0.05) is 5.02 Å². The predicted octanol–water partition coefficient (Wildman–Crippen LogP) is 5.24. The molecule has 1 heterocycles. The summed E-state index contributed by atoms with van der Waals surface area (Å²) in [5, 5.41) is 9.74. The standard InChI is InChI=1S/C20H19ClF3NO2/c21-17-3-1-2-15(12-17)18(25-10-8-14(9-11-25)19(26)27)13-4-6-16(7-5-13)20(22,23)24/h1-7,12,14,18H,8-11H2,(H,26,27). The summed E-state index contributed by atoms with van der Waals surface area (Å²) in [7, 11) is 0. The van der Waals surface area contributed by atoms with Crippen molar-refractivity contribution in [2.24, 2.45) is 5.92 Å². The van der Waals surface area contributed by atoms with Crippen LogP contribution in [0.2, 0.25) is 5.02 Å². The number of aliphatic carboxylic acids is 1. The maximum Gasteiger partial charge on any atom is 0.416 e. The van der Waals surface area contributed by atoms with Crippen molar-refractivity contribution < 1.29 is 23.1 Å². The summed E-state index contributed by atoms with van der Waals surface area (Å²) in [5.74, 6) is -1.18. The molecule has 0 aromatic heterocycles. The third-order valence-electron chi connectivity index (χ3n) is 4.96. The lowest BCUT2D eigenvalue weighted by molar-refractivity contribution is -0.143. The van der Waals surface area contributed by atoms with Crippen molar-refractivity contribution in [1.29, 1.82) is 0 Å². The van der Waals surface area contributed by atoms with Gasteiger partial charge in [-0.15, -0.1) is 0 Å². The zero-order chi connectivity index (χ0) is 19.6. The van der Waals surface area contributed by atoms with Gasteiger partial charge in [0.1, 0.15) is 0 Å². The number of nitrogens with zero attached hydrogens (tertiary/aromatic N) is 1. The highest BCUT2D eigenvalue weighted by molar-refractivity contribution is 6.30. The van der Waals surface area contributed by atoms with Crippen LogP contribution in [0.25, 0.3) is 0 Å². The van der Waals surface area contributed by atoms with E-state index in [2.05, 4.69) is 4.90 Å². The lowest BCUT2D eigenvalue weighted by atomic mass is 9.91. The van der Waals surface area contributed by atoms with E-state index in [-0.39, 0.29) is 12.0 Å². The number of rotatable bonds is 4. The summed E-state index contributed by atoms with van der Waals surface area (Å²) < 4.78 is 38.7. The minimum Gasteiger partial charge on any atom is -0.481 e. The van der Waals surface area contributed by atoms with Crippen molar-refractivity contribution in [2.45, 2.75) is 25.1 Å². The largest absolute Gasteiger partial charge is 0.481 e. The van der Waals surface area contributed by atoms with Gasteiger partial charge >= 0.3 is 12.1 Å². The summed E-state index contributed by atoms with van der Waals surface area (Å²) in [6.45, 7) is 1.10. The average molecular weight is 398 g/mol. The minimum absolute atomic E-state index is 0.277. The van der Waals surface area contributed by atoms with Crippen molar-refractivity contribution in [3.63, 3.8) is 0 Å². The number of carboxylic acids is 1. The zero-order valence-electron chi connectivity index (χ0n) is 14.4. The molecule has 1 N–H and O–H groups in total. The molecule has 7 heteroatoms. The van der Waals surface area contributed by atoms with Crippen LogP contribution in [0.15, 0.2) is 48.5 Å². The molecule has 0 bridgehead atoms. The van der Waals surface area contributed by atoms with E-state index in [1.54, 1.807) is 18.2 Å². The molecule has 144 valence electrons. The number of carboxylic acid groups (broad SMARTS) is 1. The van der Waals surface area contributed by atoms with E-state index in [0.717, 1.165) is 23.3 Å². The molecule has 0 radical (unpaired) electrons. The number of alkyl halides is 3. The number of piperidine rings is 1. The van der Waals surface area contributed by atoms with Crippen LogP contribution < -0.4 is 0 Å². The Balaban J connectivity index is 1.92. The summed E-state index contributed by atoms with van der Waals surface area (Å²) >= 11 is 6.12. The van der Waals surface area contributed by atoms with E-state index in [1.807, 2.05) is 6.07 Å². The van der Waals surface area contributed by atoms with Crippen LogP contribution in [-0.4, -0.2) is 29.1 Å². The Kier molecular flexibility index (Phi) is 5.77. The third-order valence-corrected chi connectivity index (χ3v) is 5.20. The second kappa shape index (κ2) is 7.90. The fourth-order valence-corrected chi connectivity index (χ4v) is 3.75. The maximum absolute atomic E-state index is 12.9. The summed E-state index contributed by atoms with van der Waals surface area (Å²) in [6.07, 6.45) is -3.37. The quantitative estimate of drug-likeness (QED) is 0.766. The molecule has 1 unspecified atom stereocenters. The highest BCUT2D eigenvalue weighted by atomic mass is 35.5. The number of likely N-dealkylation sites (tertiary alicyclic amines) is 1. The SMILES string of the molecule is O=C(O)C1CCN(C(c2ccc(C(F)(F)F)cc2)c2cccc(Cl)c2)CC1.